The molecule has 0 unspecified atom stereocenters. The SMILES string of the molecule is Cc1cc(C)c(CNC(=O)N2CCN(c3cnccn3)CC2)cn1. The highest BCUT2D eigenvalue weighted by Crippen LogP contribution is 2.12. The van der Waals surface area contributed by atoms with Crippen molar-refractivity contribution in [1.29, 1.82) is 0 Å². The van der Waals surface area contributed by atoms with Crippen LogP contribution in [0.3, 0.4) is 0 Å². The minimum atomic E-state index is -0.0335. The molecule has 0 saturated carbocycles. The van der Waals surface area contributed by atoms with Gasteiger partial charge in [-0.15, -0.1) is 0 Å². The first-order valence-corrected chi connectivity index (χ1v) is 8.09. The Bertz CT molecular complexity index is 697. The molecule has 2 aromatic rings. The smallest absolute Gasteiger partial charge is 0.317 e. The maximum absolute atomic E-state index is 12.3. The van der Waals surface area contributed by atoms with Crippen molar-refractivity contribution in [3.05, 3.63) is 47.7 Å². The van der Waals surface area contributed by atoms with Crippen LogP contribution < -0.4 is 10.2 Å². The van der Waals surface area contributed by atoms with Gasteiger partial charge in [0.25, 0.3) is 0 Å². The number of pyridine rings is 1. The van der Waals surface area contributed by atoms with Crippen LogP contribution in [0.2, 0.25) is 0 Å². The summed E-state index contributed by atoms with van der Waals surface area (Å²) in [6.07, 6.45) is 6.93. The van der Waals surface area contributed by atoms with E-state index in [0.29, 0.717) is 19.6 Å². The van der Waals surface area contributed by atoms with Crippen molar-refractivity contribution in [2.45, 2.75) is 20.4 Å². The fourth-order valence-electron chi connectivity index (χ4n) is 2.79. The number of nitrogens with zero attached hydrogens (tertiary/aromatic N) is 5. The second-order valence-electron chi connectivity index (χ2n) is 5.95. The number of amides is 2. The van der Waals surface area contributed by atoms with Crippen molar-refractivity contribution in [3.63, 3.8) is 0 Å². The molecule has 0 spiro atoms. The molecule has 1 aliphatic heterocycles. The Kier molecular flexibility index (Phi) is 4.88. The average molecular weight is 326 g/mol. The third-order valence-corrected chi connectivity index (χ3v) is 4.23. The van der Waals surface area contributed by atoms with Crippen LogP contribution in [0.5, 0.6) is 0 Å². The number of carbonyl (C=O) groups is 1. The summed E-state index contributed by atoms with van der Waals surface area (Å²) in [5, 5.41) is 2.98. The van der Waals surface area contributed by atoms with Crippen molar-refractivity contribution < 1.29 is 4.79 Å². The Morgan fingerprint density at radius 3 is 2.58 bits per heavy atom. The molecule has 24 heavy (non-hydrogen) atoms. The third kappa shape index (κ3) is 3.79. The van der Waals surface area contributed by atoms with Crippen LogP contribution in [-0.4, -0.2) is 52.1 Å². The van der Waals surface area contributed by atoms with Gasteiger partial charge in [0.1, 0.15) is 5.82 Å². The summed E-state index contributed by atoms with van der Waals surface area (Å²) in [5.41, 5.74) is 3.19. The van der Waals surface area contributed by atoms with Gasteiger partial charge >= 0.3 is 6.03 Å². The molecule has 7 nitrogen and oxygen atoms in total. The number of anilines is 1. The van der Waals surface area contributed by atoms with Gasteiger partial charge in [0, 0.05) is 57.0 Å². The molecule has 2 amide bonds. The molecule has 3 heterocycles. The molecule has 0 aromatic carbocycles. The highest BCUT2D eigenvalue weighted by Gasteiger charge is 2.21. The Balaban J connectivity index is 1.50. The van der Waals surface area contributed by atoms with Crippen molar-refractivity contribution in [2.24, 2.45) is 0 Å². The highest BCUT2D eigenvalue weighted by atomic mass is 16.2. The zero-order chi connectivity index (χ0) is 16.9. The second kappa shape index (κ2) is 7.25. The molecule has 126 valence electrons. The topological polar surface area (TPSA) is 74.2 Å². The van der Waals surface area contributed by atoms with E-state index in [0.717, 1.165) is 35.7 Å². The molecular weight excluding hydrogens is 304 g/mol. The quantitative estimate of drug-likeness (QED) is 0.926. The van der Waals surface area contributed by atoms with Gasteiger partial charge in [0.2, 0.25) is 0 Å². The number of nitrogens with one attached hydrogen (secondary N) is 1. The van der Waals surface area contributed by atoms with E-state index >= 15 is 0 Å². The molecule has 0 radical (unpaired) electrons. The van der Waals surface area contributed by atoms with Gasteiger partial charge < -0.3 is 15.1 Å². The number of carbonyl (C=O) groups excluding carboxylic acids is 1. The van der Waals surface area contributed by atoms with E-state index in [9.17, 15) is 4.79 Å². The maximum atomic E-state index is 12.3. The van der Waals surface area contributed by atoms with Crippen LogP contribution in [0.15, 0.2) is 30.9 Å². The normalized spacial score (nSPS) is 14.6. The van der Waals surface area contributed by atoms with E-state index in [1.165, 1.54) is 0 Å². The van der Waals surface area contributed by atoms with E-state index < -0.39 is 0 Å². The van der Waals surface area contributed by atoms with Crippen LogP contribution in [0.1, 0.15) is 16.8 Å². The zero-order valence-corrected chi connectivity index (χ0v) is 14.1. The number of rotatable bonds is 3. The van der Waals surface area contributed by atoms with Gasteiger partial charge in [-0.25, -0.2) is 9.78 Å². The minimum absolute atomic E-state index is 0.0335. The van der Waals surface area contributed by atoms with Gasteiger partial charge in [0.05, 0.1) is 6.20 Å². The van der Waals surface area contributed by atoms with Gasteiger partial charge in [-0.1, -0.05) is 0 Å². The van der Waals surface area contributed by atoms with E-state index in [1.54, 1.807) is 18.6 Å². The molecule has 1 saturated heterocycles. The van der Waals surface area contributed by atoms with Gasteiger partial charge in [-0.05, 0) is 31.0 Å². The van der Waals surface area contributed by atoms with Crippen LogP contribution in [0.25, 0.3) is 0 Å². The fourth-order valence-corrected chi connectivity index (χ4v) is 2.79. The molecule has 7 heteroatoms. The minimum Gasteiger partial charge on any atom is -0.352 e. The monoisotopic (exact) mass is 326 g/mol. The molecule has 1 N–H and O–H groups in total. The molecule has 2 aromatic heterocycles. The van der Waals surface area contributed by atoms with Crippen LogP contribution in [0.4, 0.5) is 10.6 Å². The van der Waals surface area contributed by atoms with Gasteiger partial charge in [-0.2, -0.15) is 0 Å². The van der Waals surface area contributed by atoms with Crippen molar-refractivity contribution >= 4 is 11.8 Å². The molecule has 0 bridgehead atoms. The largest absolute Gasteiger partial charge is 0.352 e. The van der Waals surface area contributed by atoms with E-state index in [1.807, 2.05) is 31.0 Å². The predicted octanol–water partition coefficient (Wildman–Crippen LogP) is 1.52. The average Bonchev–Trinajstić information content (AvgIpc) is 2.62. The second-order valence-corrected chi connectivity index (χ2v) is 5.95. The van der Waals surface area contributed by atoms with Crippen molar-refractivity contribution in [1.82, 2.24) is 25.2 Å². The number of aromatic nitrogens is 3. The Labute approximate surface area is 141 Å². The van der Waals surface area contributed by atoms with Crippen molar-refractivity contribution in [3.8, 4) is 0 Å². The third-order valence-electron chi connectivity index (χ3n) is 4.23. The van der Waals surface area contributed by atoms with Crippen LogP contribution >= 0.6 is 0 Å². The van der Waals surface area contributed by atoms with Gasteiger partial charge in [0.15, 0.2) is 0 Å². The molecule has 1 fully saturated rings. The molecule has 0 aliphatic carbocycles. The Hall–Kier alpha value is -2.70. The lowest BCUT2D eigenvalue weighted by molar-refractivity contribution is 0.194. The van der Waals surface area contributed by atoms with E-state index in [4.69, 9.17) is 0 Å². The fraction of sp³-hybridized carbons (Fsp3) is 0.412. The first kappa shape index (κ1) is 16.2. The summed E-state index contributed by atoms with van der Waals surface area (Å²) in [5.74, 6) is 0.860. The molecule has 0 atom stereocenters. The Morgan fingerprint density at radius 1 is 1.12 bits per heavy atom. The molecule has 3 rings (SSSR count). The summed E-state index contributed by atoms with van der Waals surface area (Å²) < 4.78 is 0. The highest BCUT2D eigenvalue weighted by molar-refractivity contribution is 5.74. The van der Waals surface area contributed by atoms with Crippen LogP contribution in [0, 0.1) is 13.8 Å². The lowest BCUT2D eigenvalue weighted by Gasteiger charge is -2.35. The first-order valence-electron chi connectivity index (χ1n) is 8.09. The number of urea groups is 1. The summed E-state index contributed by atoms with van der Waals surface area (Å²) in [6.45, 7) is 7.37. The summed E-state index contributed by atoms with van der Waals surface area (Å²) in [6, 6.07) is 2.00. The van der Waals surface area contributed by atoms with Crippen molar-refractivity contribution in [2.75, 3.05) is 31.1 Å². The number of hydrogen-bond donors (Lipinski definition) is 1. The summed E-state index contributed by atoms with van der Waals surface area (Å²) in [4.78, 5) is 29.0. The number of piperazine rings is 1. The lowest BCUT2D eigenvalue weighted by atomic mass is 10.1. The predicted molar refractivity (Wildman–Crippen MR) is 91.8 cm³/mol. The number of hydrogen-bond acceptors (Lipinski definition) is 5. The molecule has 1 aliphatic rings. The zero-order valence-electron chi connectivity index (χ0n) is 14.1. The summed E-state index contributed by atoms with van der Waals surface area (Å²) >= 11 is 0. The molecular formula is C17H22N6O. The number of aryl methyl sites for hydroxylation is 2. The van der Waals surface area contributed by atoms with Crippen LogP contribution in [-0.2, 0) is 6.54 Å². The summed E-state index contributed by atoms with van der Waals surface area (Å²) in [7, 11) is 0. The lowest BCUT2D eigenvalue weighted by Crippen LogP contribution is -2.52. The van der Waals surface area contributed by atoms with Gasteiger partial charge in [-0.3, -0.25) is 9.97 Å². The maximum Gasteiger partial charge on any atom is 0.317 e. The van der Waals surface area contributed by atoms with E-state index in [-0.39, 0.29) is 6.03 Å². The Morgan fingerprint density at radius 2 is 1.92 bits per heavy atom. The van der Waals surface area contributed by atoms with E-state index in [2.05, 4.69) is 25.2 Å². The standard InChI is InChI=1S/C17H22N6O/c1-13-9-14(2)20-10-15(13)11-21-17(24)23-7-5-22(6-8-23)16-12-18-3-4-19-16/h3-4,9-10,12H,5-8,11H2,1-2H3,(H,21,24). The first-order chi connectivity index (χ1) is 11.6.